The molecule has 5 aromatic carbocycles. The zero-order chi connectivity index (χ0) is 30.8. The van der Waals surface area contributed by atoms with Crippen molar-refractivity contribution in [2.45, 2.75) is 40.2 Å². The highest BCUT2D eigenvalue weighted by atomic mass is 32.2. The second-order valence-electron chi connectivity index (χ2n) is 10.7. The van der Waals surface area contributed by atoms with Gasteiger partial charge in [0.15, 0.2) is 15.4 Å². The summed E-state index contributed by atoms with van der Waals surface area (Å²) < 4.78 is 39.7. The van der Waals surface area contributed by atoms with Gasteiger partial charge in [-0.25, -0.2) is 8.42 Å². The Hall–Kier alpha value is -4.30. The summed E-state index contributed by atoms with van der Waals surface area (Å²) >= 11 is -1.61. The number of carbonyl (C=O) groups excluding carboxylic acids is 2. The molecule has 43 heavy (non-hydrogen) atoms. The van der Waals surface area contributed by atoms with E-state index < -0.39 is 25.8 Å². The lowest BCUT2D eigenvalue weighted by Gasteiger charge is -2.27. The van der Waals surface area contributed by atoms with Crippen LogP contribution < -0.4 is 0 Å². The lowest BCUT2D eigenvalue weighted by molar-refractivity contribution is 0.0952. The van der Waals surface area contributed by atoms with Gasteiger partial charge in [0, 0.05) is 22.3 Å². The van der Waals surface area contributed by atoms with Gasteiger partial charge < -0.3 is 4.55 Å². The number of hydrogen-bond acceptors (Lipinski definition) is 5. The molecule has 0 saturated carbocycles. The van der Waals surface area contributed by atoms with Crippen LogP contribution in [0, 0.1) is 6.92 Å². The van der Waals surface area contributed by atoms with E-state index in [-0.39, 0.29) is 26.9 Å². The van der Waals surface area contributed by atoms with Gasteiger partial charge in [0.1, 0.15) is 0 Å². The van der Waals surface area contributed by atoms with Crippen LogP contribution in [0.2, 0.25) is 0 Å². The number of benzene rings is 5. The number of ketones is 2. The third-order valence-corrected chi connectivity index (χ3v) is 11.0. The van der Waals surface area contributed by atoms with Crippen LogP contribution in [0.1, 0.15) is 45.7 Å². The number of aryl methyl sites for hydroxylation is 1. The van der Waals surface area contributed by atoms with Crippen molar-refractivity contribution in [3.8, 4) is 11.1 Å². The van der Waals surface area contributed by atoms with Gasteiger partial charge in [-0.2, -0.15) is 0 Å². The zero-order valence-electron chi connectivity index (χ0n) is 24.0. The van der Waals surface area contributed by atoms with Gasteiger partial charge in [0.25, 0.3) is 0 Å². The second kappa shape index (κ2) is 12.1. The molecule has 0 aliphatic carbocycles. The average Bonchev–Trinajstić information content (AvgIpc) is 3.04. The molecule has 0 fully saturated rings. The average molecular weight is 607 g/mol. The Bertz CT molecular complexity index is 1880. The number of carbonyl (C=O) groups is 2. The molecule has 5 nitrogen and oxygen atoms in total. The summed E-state index contributed by atoms with van der Waals surface area (Å²) in [5, 5.41) is 0. The molecule has 0 aromatic heterocycles. The minimum Gasteiger partial charge on any atom is -0.611 e. The third kappa shape index (κ3) is 6.11. The normalized spacial score (nSPS) is 12.5. The van der Waals surface area contributed by atoms with E-state index in [2.05, 4.69) is 0 Å². The van der Waals surface area contributed by atoms with Crippen molar-refractivity contribution in [2.75, 3.05) is 0 Å². The molecule has 0 heterocycles. The van der Waals surface area contributed by atoms with Gasteiger partial charge >= 0.3 is 0 Å². The van der Waals surface area contributed by atoms with Gasteiger partial charge in [-0.1, -0.05) is 90.5 Å². The van der Waals surface area contributed by atoms with Crippen LogP contribution in [0.4, 0.5) is 0 Å². The molecule has 0 amide bonds. The number of Topliss-reactive ketones (excluding diaryl/α,β-unsaturated/α-hetero) is 1. The molecule has 0 radical (unpaired) electrons. The molecule has 216 valence electrons. The molecule has 1 atom stereocenters. The van der Waals surface area contributed by atoms with Gasteiger partial charge in [0.2, 0.25) is 15.6 Å². The van der Waals surface area contributed by atoms with Crippen LogP contribution in [-0.2, 0) is 21.0 Å². The van der Waals surface area contributed by atoms with Crippen LogP contribution in [0.25, 0.3) is 11.1 Å². The molecule has 5 aromatic rings. The molecule has 0 saturated heterocycles. The summed E-state index contributed by atoms with van der Waals surface area (Å²) in [7, 11) is -3.97. The van der Waals surface area contributed by atoms with Crippen molar-refractivity contribution < 1.29 is 22.6 Å². The lowest BCUT2D eigenvalue weighted by atomic mass is 9.99. The molecule has 1 unspecified atom stereocenters. The Morgan fingerprint density at radius 2 is 1.19 bits per heavy atom. The van der Waals surface area contributed by atoms with Crippen molar-refractivity contribution in [3.63, 3.8) is 0 Å². The Morgan fingerprint density at radius 3 is 1.81 bits per heavy atom. The summed E-state index contributed by atoms with van der Waals surface area (Å²) in [6.07, 6.45) is 0. The fraction of sp³-hybridized carbons (Fsp3) is 0.111. The van der Waals surface area contributed by atoms with E-state index in [1.807, 2.05) is 25.1 Å². The fourth-order valence-corrected chi connectivity index (χ4v) is 7.54. The highest BCUT2D eigenvalue weighted by Crippen LogP contribution is 2.33. The zero-order valence-corrected chi connectivity index (χ0v) is 25.6. The number of rotatable bonds is 9. The Balaban J connectivity index is 1.40. The van der Waals surface area contributed by atoms with Crippen LogP contribution in [0.3, 0.4) is 0 Å². The van der Waals surface area contributed by atoms with Crippen molar-refractivity contribution in [1.82, 2.24) is 0 Å². The number of hydrogen-bond donors (Lipinski definition) is 0. The second-order valence-corrected chi connectivity index (χ2v) is 14.7. The molecule has 0 N–H and O–H groups in total. The van der Waals surface area contributed by atoms with Gasteiger partial charge in [-0.15, -0.1) is 0 Å². The summed E-state index contributed by atoms with van der Waals surface area (Å²) in [5.41, 5.74) is 3.52. The van der Waals surface area contributed by atoms with E-state index in [9.17, 15) is 22.6 Å². The topological polar surface area (TPSA) is 91.3 Å². The summed E-state index contributed by atoms with van der Waals surface area (Å²) in [6.45, 7) is 5.19. The molecule has 0 bridgehead atoms. The van der Waals surface area contributed by atoms with Gasteiger partial charge in [-0.05, 0) is 80.0 Å². The first-order valence-corrected chi connectivity index (χ1v) is 16.3. The van der Waals surface area contributed by atoms with Crippen molar-refractivity contribution in [2.24, 2.45) is 0 Å². The molecular formula is C36H30O5S2. The van der Waals surface area contributed by atoms with Crippen molar-refractivity contribution >= 4 is 32.6 Å². The van der Waals surface area contributed by atoms with Gasteiger partial charge in [-0.3, -0.25) is 9.59 Å². The van der Waals surface area contributed by atoms with Gasteiger partial charge in [0.05, 0.1) is 9.79 Å². The monoisotopic (exact) mass is 606 g/mol. The predicted octanol–water partition coefficient (Wildman–Crippen LogP) is 7.49. The fourth-order valence-electron chi connectivity index (χ4n) is 4.80. The van der Waals surface area contributed by atoms with Crippen LogP contribution in [0.15, 0.2) is 142 Å². The smallest absolute Gasteiger partial charge is 0.217 e. The molecule has 0 aliphatic heterocycles. The van der Waals surface area contributed by atoms with E-state index in [1.54, 1.807) is 98.8 Å². The standard InChI is InChI=1S/C36H30O5S2/c1-25-13-21-30(22-14-25)42(39)36(2,3)35(38)29-19-23-31(24-20-29)43(40,41)33-12-8-7-11-32(33)26-15-17-28(18-16-26)34(37)27-9-5-4-6-10-27/h4-24H,1-3H3. The van der Waals surface area contributed by atoms with Crippen LogP contribution in [0.5, 0.6) is 0 Å². The maximum absolute atomic E-state index is 13.8. The molecule has 0 aliphatic rings. The first-order chi connectivity index (χ1) is 20.5. The molecule has 0 spiro atoms. The number of sulfone groups is 1. The largest absolute Gasteiger partial charge is 0.611 e. The Morgan fingerprint density at radius 1 is 0.651 bits per heavy atom. The van der Waals surface area contributed by atoms with E-state index in [4.69, 9.17) is 0 Å². The van der Waals surface area contributed by atoms with E-state index in [1.165, 1.54) is 24.3 Å². The molecular weight excluding hydrogens is 577 g/mol. The quantitative estimate of drug-likeness (QED) is 0.128. The van der Waals surface area contributed by atoms with E-state index in [0.29, 0.717) is 27.1 Å². The van der Waals surface area contributed by atoms with E-state index in [0.717, 1.165) is 5.56 Å². The first kappa shape index (κ1) is 30.2. The highest BCUT2D eigenvalue weighted by Gasteiger charge is 2.42. The summed E-state index contributed by atoms with van der Waals surface area (Å²) in [5.74, 6) is -0.463. The van der Waals surface area contributed by atoms with Crippen molar-refractivity contribution in [1.29, 1.82) is 0 Å². The minimum absolute atomic E-state index is 0.0323. The maximum Gasteiger partial charge on any atom is 0.217 e. The Kier molecular flexibility index (Phi) is 8.51. The predicted molar refractivity (Wildman–Crippen MR) is 170 cm³/mol. The SMILES string of the molecule is Cc1ccc([S+]([O-])C(C)(C)C(=O)c2ccc(S(=O)(=O)c3ccccc3-c3ccc(C(=O)c4ccccc4)cc3)cc2)cc1. The van der Waals surface area contributed by atoms with E-state index >= 15 is 0 Å². The third-order valence-electron chi connectivity index (χ3n) is 7.34. The summed E-state index contributed by atoms with van der Waals surface area (Å²) in [4.78, 5) is 26.9. The lowest BCUT2D eigenvalue weighted by Crippen LogP contribution is -2.40. The molecule has 7 heteroatoms. The summed E-state index contributed by atoms with van der Waals surface area (Å²) in [6, 6.07) is 35.5. The highest BCUT2D eigenvalue weighted by molar-refractivity contribution is 7.93. The molecule has 5 rings (SSSR count). The minimum atomic E-state index is -3.97. The maximum atomic E-state index is 13.8. The van der Waals surface area contributed by atoms with Crippen LogP contribution in [-0.4, -0.2) is 29.3 Å². The van der Waals surface area contributed by atoms with Crippen LogP contribution >= 0.6 is 0 Å². The first-order valence-electron chi connectivity index (χ1n) is 13.7. The van der Waals surface area contributed by atoms with Crippen molar-refractivity contribution in [3.05, 3.63) is 150 Å². The Labute approximate surface area is 255 Å².